The summed E-state index contributed by atoms with van der Waals surface area (Å²) in [6.07, 6.45) is 1.61. The Morgan fingerprint density at radius 1 is 1.33 bits per heavy atom. The lowest BCUT2D eigenvalue weighted by molar-refractivity contribution is 0.252. The number of nitrogens with zero attached hydrogens (tertiary/aromatic N) is 1. The molecule has 1 saturated heterocycles. The third-order valence-electron chi connectivity index (χ3n) is 4.47. The van der Waals surface area contributed by atoms with E-state index in [1.807, 2.05) is 13.0 Å². The fourth-order valence-electron chi connectivity index (χ4n) is 2.90. The molecule has 0 amide bonds. The van der Waals surface area contributed by atoms with Crippen molar-refractivity contribution in [3.63, 3.8) is 0 Å². The molecular weight excluding hydrogens is 284 g/mol. The molecule has 0 saturated carbocycles. The standard InChI is InChI=1S/C16H26N2O2S/c1-5-12-6-7-14(17)10-15(12)21(19,20)18-9-8-13(11-18)16(2,3)4/h6-7,10,13H,5,8-9,11,17H2,1-4H3. The van der Waals surface area contributed by atoms with Gasteiger partial charge in [-0.2, -0.15) is 4.31 Å². The number of aryl methyl sites for hydroxylation is 1. The highest BCUT2D eigenvalue weighted by molar-refractivity contribution is 7.89. The fourth-order valence-corrected chi connectivity index (χ4v) is 4.72. The van der Waals surface area contributed by atoms with Crippen LogP contribution in [-0.4, -0.2) is 25.8 Å². The number of nitrogens with two attached hydrogens (primary N) is 1. The molecule has 118 valence electrons. The van der Waals surface area contributed by atoms with Crippen LogP contribution in [0, 0.1) is 11.3 Å². The average molecular weight is 310 g/mol. The van der Waals surface area contributed by atoms with Gasteiger partial charge < -0.3 is 5.73 Å². The van der Waals surface area contributed by atoms with Crippen LogP contribution in [0.15, 0.2) is 23.1 Å². The average Bonchev–Trinajstić information content (AvgIpc) is 2.88. The third-order valence-corrected chi connectivity index (χ3v) is 6.41. The molecule has 4 nitrogen and oxygen atoms in total. The van der Waals surface area contributed by atoms with Crippen LogP contribution in [0.5, 0.6) is 0 Å². The molecule has 0 bridgehead atoms. The first kappa shape index (κ1) is 16.3. The second-order valence-electron chi connectivity index (χ2n) is 6.94. The molecule has 2 rings (SSSR count). The summed E-state index contributed by atoms with van der Waals surface area (Å²) in [5.74, 6) is 0.401. The van der Waals surface area contributed by atoms with Crippen LogP contribution in [0.25, 0.3) is 0 Å². The summed E-state index contributed by atoms with van der Waals surface area (Å²) in [6, 6.07) is 5.18. The van der Waals surface area contributed by atoms with Gasteiger partial charge in [-0.3, -0.25) is 0 Å². The summed E-state index contributed by atoms with van der Waals surface area (Å²) < 4.78 is 27.4. The van der Waals surface area contributed by atoms with Crippen molar-refractivity contribution in [2.45, 2.75) is 45.4 Å². The molecule has 1 aromatic carbocycles. The minimum absolute atomic E-state index is 0.133. The molecule has 1 unspecified atom stereocenters. The number of hydrogen-bond donors (Lipinski definition) is 1. The SMILES string of the molecule is CCc1ccc(N)cc1S(=O)(=O)N1CCC(C(C)(C)C)C1. The van der Waals surface area contributed by atoms with E-state index in [2.05, 4.69) is 20.8 Å². The molecule has 0 aromatic heterocycles. The molecule has 1 fully saturated rings. The lowest BCUT2D eigenvalue weighted by Crippen LogP contribution is -2.31. The molecule has 1 atom stereocenters. The van der Waals surface area contributed by atoms with E-state index < -0.39 is 10.0 Å². The lowest BCUT2D eigenvalue weighted by Gasteiger charge is -2.27. The molecule has 0 aliphatic carbocycles. The van der Waals surface area contributed by atoms with Crippen molar-refractivity contribution in [3.05, 3.63) is 23.8 Å². The van der Waals surface area contributed by atoms with Crippen LogP contribution in [0.2, 0.25) is 0 Å². The second-order valence-corrected chi connectivity index (χ2v) is 8.84. The summed E-state index contributed by atoms with van der Waals surface area (Å²) >= 11 is 0. The third kappa shape index (κ3) is 3.24. The maximum atomic E-state index is 12.9. The predicted molar refractivity (Wildman–Crippen MR) is 86.6 cm³/mol. The van der Waals surface area contributed by atoms with Crippen LogP contribution in [0.3, 0.4) is 0 Å². The molecule has 5 heteroatoms. The molecule has 21 heavy (non-hydrogen) atoms. The molecular formula is C16H26N2O2S. The summed E-state index contributed by atoms with van der Waals surface area (Å²) in [5.41, 5.74) is 7.26. The normalized spacial score (nSPS) is 20.9. The van der Waals surface area contributed by atoms with Gasteiger partial charge in [-0.05, 0) is 41.9 Å². The topological polar surface area (TPSA) is 63.4 Å². The minimum Gasteiger partial charge on any atom is -0.399 e. The summed E-state index contributed by atoms with van der Waals surface area (Å²) in [6.45, 7) is 9.68. The Hall–Kier alpha value is -1.07. The minimum atomic E-state index is -3.44. The highest BCUT2D eigenvalue weighted by Gasteiger charge is 2.38. The van der Waals surface area contributed by atoms with Gasteiger partial charge in [0.05, 0.1) is 4.90 Å². The first-order valence-electron chi connectivity index (χ1n) is 7.55. The van der Waals surface area contributed by atoms with Gasteiger partial charge in [0.25, 0.3) is 0 Å². The van der Waals surface area contributed by atoms with E-state index in [4.69, 9.17) is 5.73 Å². The van der Waals surface area contributed by atoms with Gasteiger partial charge in [0.15, 0.2) is 0 Å². The van der Waals surface area contributed by atoms with E-state index in [9.17, 15) is 8.42 Å². The Morgan fingerprint density at radius 2 is 2.00 bits per heavy atom. The number of nitrogen functional groups attached to an aromatic ring is 1. The Morgan fingerprint density at radius 3 is 2.52 bits per heavy atom. The fraction of sp³-hybridized carbons (Fsp3) is 0.625. The van der Waals surface area contributed by atoms with Crippen LogP contribution >= 0.6 is 0 Å². The van der Waals surface area contributed by atoms with Crippen LogP contribution in [-0.2, 0) is 16.4 Å². The number of hydrogen-bond acceptors (Lipinski definition) is 3. The van der Waals surface area contributed by atoms with Gasteiger partial charge in [-0.25, -0.2) is 8.42 Å². The Labute approximate surface area is 128 Å². The first-order valence-corrected chi connectivity index (χ1v) is 8.99. The maximum Gasteiger partial charge on any atom is 0.243 e. The van der Waals surface area contributed by atoms with E-state index >= 15 is 0 Å². The first-order chi connectivity index (χ1) is 9.66. The highest BCUT2D eigenvalue weighted by Crippen LogP contribution is 2.36. The zero-order valence-corrected chi connectivity index (χ0v) is 14.2. The molecule has 2 N–H and O–H groups in total. The monoisotopic (exact) mass is 310 g/mol. The molecule has 0 spiro atoms. The number of benzene rings is 1. The van der Waals surface area contributed by atoms with Crippen LogP contribution in [0.1, 0.15) is 39.7 Å². The molecule has 1 aliphatic heterocycles. The van der Waals surface area contributed by atoms with Crippen molar-refractivity contribution in [1.82, 2.24) is 4.31 Å². The zero-order chi connectivity index (χ0) is 15.8. The Balaban J connectivity index is 2.34. The zero-order valence-electron chi connectivity index (χ0n) is 13.4. The highest BCUT2D eigenvalue weighted by atomic mass is 32.2. The Kier molecular flexibility index (Phi) is 4.36. The summed E-state index contributed by atoms with van der Waals surface area (Å²) in [5, 5.41) is 0. The summed E-state index contributed by atoms with van der Waals surface area (Å²) in [7, 11) is -3.44. The van der Waals surface area contributed by atoms with Crippen molar-refractivity contribution in [2.24, 2.45) is 11.3 Å². The van der Waals surface area contributed by atoms with E-state index in [-0.39, 0.29) is 5.41 Å². The van der Waals surface area contributed by atoms with Crippen LogP contribution in [0.4, 0.5) is 5.69 Å². The molecule has 1 aliphatic rings. The lowest BCUT2D eigenvalue weighted by atomic mass is 9.80. The van der Waals surface area contributed by atoms with Crippen molar-refractivity contribution in [2.75, 3.05) is 18.8 Å². The van der Waals surface area contributed by atoms with E-state index in [0.29, 0.717) is 36.0 Å². The van der Waals surface area contributed by atoms with Gasteiger partial charge in [0.2, 0.25) is 10.0 Å². The predicted octanol–water partition coefficient (Wildman–Crippen LogP) is 2.89. The maximum absolute atomic E-state index is 12.9. The van der Waals surface area contributed by atoms with Crippen molar-refractivity contribution >= 4 is 15.7 Å². The number of sulfonamides is 1. The van der Waals surface area contributed by atoms with Gasteiger partial charge in [0.1, 0.15) is 0 Å². The largest absolute Gasteiger partial charge is 0.399 e. The quantitative estimate of drug-likeness (QED) is 0.873. The van der Waals surface area contributed by atoms with Gasteiger partial charge in [0, 0.05) is 18.8 Å². The smallest absolute Gasteiger partial charge is 0.243 e. The van der Waals surface area contributed by atoms with Gasteiger partial charge in [-0.1, -0.05) is 33.8 Å². The molecule has 0 radical (unpaired) electrons. The van der Waals surface area contributed by atoms with E-state index in [1.54, 1.807) is 16.4 Å². The van der Waals surface area contributed by atoms with Gasteiger partial charge >= 0.3 is 0 Å². The molecule has 1 aromatic rings. The van der Waals surface area contributed by atoms with Gasteiger partial charge in [-0.15, -0.1) is 0 Å². The van der Waals surface area contributed by atoms with E-state index in [0.717, 1.165) is 12.0 Å². The van der Waals surface area contributed by atoms with E-state index in [1.165, 1.54) is 0 Å². The van der Waals surface area contributed by atoms with Crippen molar-refractivity contribution in [3.8, 4) is 0 Å². The summed E-state index contributed by atoms with van der Waals surface area (Å²) in [4.78, 5) is 0.375. The van der Waals surface area contributed by atoms with Crippen molar-refractivity contribution < 1.29 is 8.42 Å². The Bertz CT molecular complexity index is 618. The second kappa shape index (κ2) is 5.61. The van der Waals surface area contributed by atoms with Crippen molar-refractivity contribution in [1.29, 1.82) is 0 Å². The number of rotatable bonds is 3. The number of anilines is 1. The molecule has 1 heterocycles. The van der Waals surface area contributed by atoms with Crippen LogP contribution < -0.4 is 5.73 Å².